The lowest BCUT2D eigenvalue weighted by molar-refractivity contribution is 0.0698. The third-order valence-electron chi connectivity index (χ3n) is 5.36. The number of morpholine rings is 1. The number of phenolic OH excluding ortho intramolecular Hbond substituents is 2. The second-order valence-corrected chi connectivity index (χ2v) is 7.50. The molecule has 168 valence electrons. The van der Waals surface area contributed by atoms with E-state index >= 15 is 0 Å². The van der Waals surface area contributed by atoms with Crippen LogP contribution in [0.5, 0.6) is 11.5 Å². The number of rotatable bonds is 5. The summed E-state index contributed by atoms with van der Waals surface area (Å²) in [6, 6.07) is 9.49. The smallest absolute Gasteiger partial charge is 0.341 e. The fraction of sp³-hybridized carbons (Fsp3) is 0.182. The first-order valence-electron chi connectivity index (χ1n) is 10.2. The average Bonchev–Trinajstić information content (AvgIpc) is 3.29. The summed E-state index contributed by atoms with van der Waals surface area (Å²) in [5.41, 5.74) is 1.74. The van der Waals surface area contributed by atoms with Crippen LogP contribution in [0.2, 0.25) is 0 Å². The van der Waals surface area contributed by atoms with E-state index in [4.69, 9.17) is 4.74 Å². The first-order chi connectivity index (χ1) is 16.0. The maximum atomic E-state index is 12.3. The zero-order valence-electron chi connectivity index (χ0n) is 17.3. The van der Waals surface area contributed by atoms with Gasteiger partial charge >= 0.3 is 5.97 Å². The first kappa shape index (κ1) is 20.5. The molecule has 0 aliphatic carbocycles. The van der Waals surface area contributed by atoms with E-state index in [1.54, 1.807) is 12.3 Å². The molecule has 0 bridgehead atoms. The number of aromatic amines is 1. The lowest BCUT2D eigenvalue weighted by Crippen LogP contribution is -2.37. The highest BCUT2D eigenvalue weighted by Crippen LogP contribution is 2.35. The molecule has 33 heavy (non-hydrogen) atoms. The maximum Gasteiger partial charge on any atom is 0.341 e. The van der Waals surface area contributed by atoms with Crippen molar-refractivity contribution in [3.8, 4) is 22.8 Å². The topological polar surface area (TPSA) is 157 Å². The van der Waals surface area contributed by atoms with Crippen LogP contribution in [0.4, 0.5) is 17.5 Å². The Bertz CT molecular complexity index is 1350. The van der Waals surface area contributed by atoms with Crippen LogP contribution in [0.3, 0.4) is 0 Å². The summed E-state index contributed by atoms with van der Waals surface area (Å²) in [4.78, 5) is 23.3. The molecule has 11 nitrogen and oxygen atoms in total. The van der Waals surface area contributed by atoms with Crippen LogP contribution in [0.1, 0.15) is 10.4 Å². The maximum absolute atomic E-state index is 12.3. The number of hydrogen-bond donors (Lipinski definition) is 5. The monoisotopic (exact) mass is 448 g/mol. The lowest BCUT2D eigenvalue weighted by atomic mass is 10.1. The fourth-order valence-corrected chi connectivity index (χ4v) is 3.68. The number of fused-ring (bicyclic) bond motifs is 1. The summed E-state index contributed by atoms with van der Waals surface area (Å²) < 4.78 is 5.41. The Morgan fingerprint density at radius 1 is 1.06 bits per heavy atom. The number of aromatic hydroxyl groups is 2. The van der Waals surface area contributed by atoms with E-state index in [0.29, 0.717) is 43.5 Å². The summed E-state index contributed by atoms with van der Waals surface area (Å²) in [7, 11) is 0. The Labute approximate surface area is 187 Å². The third-order valence-corrected chi connectivity index (χ3v) is 5.36. The van der Waals surface area contributed by atoms with Gasteiger partial charge in [0, 0.05) is 29.7 Å². The van der Waals surface area contributed by atoms with Gasteiger partial charge in [0.05, 0.1) is 30.6 Å². The van der Waals surface area contributed by atoms with E-state index in [1.807, 2.05) is 17.0 Å². The average molecular weight is 448 g/mol. The molecule has 0 unspecified atom stereocenters. The molecule has 0 spiro atoms. The number of hydrogen-bond acceptors (Lipinski definition) is 9. The highest BCUT2D eigenvalue weighted by molar-refractivity contribution is 6.01. The molecule has 2 aromatic carbocycles. The Morgan fingerprint density at radius 2 is 1.88 bits per heavy atom. The second kappa shape index (κ2) is 8.28. The van der Waals surface area contributed by atoms with Crippen molar-refractivity contribution in [1.82, 2.24) is 20.2 Å². The molecule has 0 saturated carbocycles. The van der Waals surface area contributed by atoms with Crippen LogP contribution in [0.25, 0.3) is 22.2 Å². The molecule has 0 amide bonds. The number of ether oxygens (including phenoxy) is 1. The van der Waals surface area contributed by atoms with Crippen molar-refractivity contribution in [3.05, 3.63) is 48.2 Å². The van der Waals surface area contributed by atoms with Gasteiger partial charge in [-0.15, -0.1) is 0 Å². The third kappa shape index (κ3) is 3.96. The molecule has 3 heterocycles. The number of benzene rings is 2. The van der Waals surface area contributed by atoms with E-state index in [-0.39, 0.29) is 28.6 Å². The van der Waals surface area contributed by atoms with Gasteiger partial charge in [0.15, 0.2) is 17.3 Å². The molecule has 2 aromatic heterocycles. The quantitative estimate of drug-likeness (QED) is 0.288. The van der Waals surface area contributed by atoms with Crippen molar-refractivity contribution in [2.75, 3.05) is 36.5 Å². The molecular weight excluding hydrogens is 428 g/mol. The van der Waals surface area contributed by atoms with Crippen LogP contribution in [-0.4, -0.2) is 67.8 Å². The van der Waals surface area contributed by atoms with Gasteiger partial charge in [-0.05, 0) is 36.4 Å². The molecule has 5 N–H and O–H groups in total. The minimum Gasteiger partial charge on any atom is -0.504 e. The van der Waals surface area contributed by atoms with Gasteiger partial charge in [0.1, 0.15) is 5.56 Å². The summed E-state index contributed by atoms with van der Waals surface area (Å²) in [5, 5.41) is 40.6. The Balaban J connectivity index is 1.67. The summed E-state index contributed by atoms with van der Waals surface area (Å²) >= 11 is 0. The zero-order chi connectivity index (χ0) is 22.9. The predicted octanol–water partition coefficient (Wildman–Crippen LogP) is 2.71. The van der Waals surface area contributed by atoms with Gasteiger partial charge in [0.25, 0.3) is 0 Å². The number of aromatic nitrogens is 4. The molecule has 0 atom stereocenters. The number of aromatic carboxylic acids is 1. The second-order valence-electron chi connectivity index (χ2n) is 7.50. The molecule has 1 aliphatic heterocycles. The highest BCUT2D eigenvalue weighted by atomic mass is 16.5. The minimum absolute atomic E-state index is 0.101. The first-order valence-corrected chi connectivity index (χ1v) is 10.2. The Kier molecular flexibility index (Phi) is 5.15. The van der Waals surface area contributed by atoms with E-state index < -0.39 is 5.97 Å². The van der Waals surface area contributed by atoms with Gasteiger partial charge in [-0.2, -0.15) is 10.1 Å². The van der Waals surface area contributed by atoms with Gasteiger partial charge < -0.3 is 30.3 Å². The normalized spacial score (nSPS) is 13.9. The standard InChI is InChI=1S/C22H20N6O5/c29-16-4-1-12(10-17(16)30)19-18(21(31)32)20(26-22(25-19)28-5-7-33-8-6-28)24-14-2-3-15-13(9-14)11-23-27-15/h1-4,9-11,29-30H,5-8H2,(H,23,27)(H,31,32)(H,24,25,26). The molecule has 11 heteroatoms. The summed E-state index contributed by atoms with van der Waals surface area (Å²) in [6.07, 6.45) is 1.67. The van der Waals surface area contributed by atoms with Crippen molar-refractivity contribution in [2.24, 2.45) is 0 Å². The number of phenols is 2. The number of H-pyrrole nitrogens is 1. The van der Waals surface area contributed by atoms with E-state index in [1.165, 1.54) is 18.2 Å². The van der Waals surface area contributed by atoms with Crippen molar-refractivity contribution >= 4 is 34.3 Å². The van der Waals surface area contributed by atoms with Gasteiger partial charge in [-0.3, -0.25) is 5.10 Å². The van der Waals surface area contributed by atoms with E-state index in [9.17, 15) is 20.1 Å². The SMILES string of the molecule is O=C(O)c1c(Nc2ccc3[nH]ncc3c2)nc(N2CCOCC2)nc1-c1ccc(O)c(O)c1. The van der Waals surface area contributed by atoms with Crippen LogP contribution in [-0.2, 0) is 4.74 Å². The number of carboxylic acids is 1. The number of carbonyl (C=O) groups is 1. The molecule has 1 fully saturated rings. The highest BCUT2D eigenvalue weighted by Gasteiger charge is 2.25. The Morgan fingerprint density at radius 3 is 2.64 bits per heavy atom. The van der Waals surface area contributed by atoms with E-state index in [0.717, 1.165) is 10.9 Å². The van der Waals surface area contributed by atoms with E-state index in [2.05, 4.69) is 25.5 Å². The van der Waals surface area contributed by atoms with Gasteiger partial charge in [-0.25, -0.2) is 9.78 Å². The van der Waals surface area contributed by atoms with Gasteiger partial charge in [-0.1, -0.05) is 0 Å². The number of carboxylic acid groups (broad SMARTS) is 1. The number of nitrogens with one attached hydrogen (secondary N) is 2. The summed E-state index contributed by atoms with van der Waals surface area (Å²) in [6.45, 7) is 2.10. The molecule has 0 radical (unpaired) electrons. The molecule has 1 saturated heterocycles. The van der Waals surface area contributed by atoms with Crippen LogP contribution >= 0.6 is 0 Å². The van der Waals surface area contributed by atoms with Crippen molar-refractivity contribution in [1.29, 1.82) is 0 Å². The molecule has 1 aliphatic rings. The Hall–Kier alpha value is -4.38. The number of nitrogens with zero attached hydrogens (tertiary/aromatic N) is 4. The number of anilines is 3. The zero-order valence-corrected chi connectivity index (χ0v) is 17.3. The molecular formula is C22H20N6O5. The van der Waals surface area contributed by atoms with Crippen molar-refractivity contribution in [2.45, 2.75) is 0 Å². The summed E-state index contributed by atoms with van der Waals surface area (Å²) in [5.74, 6) is -1.50. The predicted molar refractivity (Wildman–Crippen MR) is 120 cm³/mol. The fourth-order valence-electron chi connectivity index (χ4n) is 3.68. The van der Waals surface area contributed by atoms with Gasteiger partial charge in [0.2, 0.25) is 5.95 Å². The molecule has 4 aromatic rings. The van der Waals surface area contributed by atoms with Crippen molar-refractivity contribution < 1.29 is 24.9 Å². The minimum atomic E-state index is -1.24. The van der Waals surface area contributed by atoms with Crippen LogP contribution < -0.4 is 10.2 Å². The lowest BCUT2D eigenvalue weighted by Gasteiger charge is -2.28. The largest absolute Gasteiger partial charge is 0.504 e. The van der Waals surface area contributed by atoms with Crippen molar-refractivity contribution in [3.63, 3.8) is 0 Å². The van der Waals surface area contributed by atoms with Crippen LogP contribution in [0, 0.1) is 0 Å². The van der Waals surface area contributed by atoms with Crippen LogP contribution in [0.15, 0.2) is 42.6 Å². The molecule has 5 rings (SSSR count).